The number of aryl methyl sites for hydroxylation is 3. The second-order valence-corrected chi connectivity index (χ2v) is 10.8. The van der Waals surface area contributed by atoms with Gasteiger partial charge in [0.2, 0.25) is 5.91 Å². The number of rotatable bonds is 4. The second kappa shape index (κ2) is 8.04. The third-order valence-corrected chi connectivity index (χ3v) is 6.61. The maximum atomic E-state index is 13.3. The summed E-state index contributed by atoms with van der Waals surface area (Å²) in [7, 11) is 0. The Morgan fingerprint density at radius 2 is 1.75 bits per heavy atom. The lowest BCUT2D eigenvalue weighted by atomic mass is 9.79. The van der Waals surface area contributed by atoms with Crippen LogP contribution in [0.15, 0.2) is 36.5 Å². The van der Waals surface area contributed by atoms with Gasteiger partial charge < -0.3 is 15.0 Å². The lowest BCUT2D eigenvalue weighted by molar-refractivity contribution is -0.121. The molecule has 1 fully saturated rings. The molecule has 0 saturated carbocycles. The lowest BCUT2D eigenvalue weighted by Crippen LogP contribution is -2.62. The first-order chi connectivity index (χ1) is 14.9. The van der Waals surface area contributed by atoms with Crippen LogP contribution in [0.3, 0.4) is 0 Å². The van der Waals surface area contributed by atoms with Gasteiger partial charge in [0.05, 0.1) is 17.8 Å². The normalized spacial score (nSPS) is 18.1. The fourth-order valence-corrected chi connectivity index (χ4v) is 5.40. The van der Waals surface area contributed by atoms with Crippen LogP contribution in [0.1, 0.15) is 62.9 Å². The molecule has 2 N–H and O–H groups in total. The first kappa shape index (κ1) is 22.5. The summed E-state index contributed by atoms with van der Waals surface area (Å²) in [4.78, 5) is 18.2. The summed E-state index contributed by atoms with van der Waals surface area (Å²) in [5, 5.41) is 7.01. The predicted octanol–water partition coefficient (Wildman–Crippen LogP) is 4.89. The number of aromatic nitrogens is 2. The van der Waals surface area contributed by atoms with E-state index in [4.69, 9.17) is 4.98 Å². The average molecular weight is 433 g/mol. The molecular weight excluding hydrogens is 396 g/mol. The molecule has 1 amide bonds. The Bertz CT molecular complexity index is 1160. The van der Waals surface area contributed by atoms with Gasteiger partial charge in [0.15, 0.2) is 0 Å². The molecule has 0 radical (unpaired) electrons. The van der Waals surface area contributed by atoms with E-state index >= 15 is 0 Å². The summed E-state index contributed by atoms with van der Waals surface area (Å²) >= 11 is 0. The number of imidazole rings is 1. The van der Waals surface area contributed by atoms with Crippen molar-refractivity contribution in [2.45, 2.75) is 84.8 Å². The highest BCUT2D eigenvalue weighted by Crippen LogP contribution is 2.30. The minimum Gasteiger partial charge on any atom is -0.353 e. The minimum absolute atomic E-state index is 0.00922. The molecule has 1 saturated heterocycles. The molecule has 1 aliphatic heterocycles. The van der Waals surface area contributed by atoms with Crippen LogP contribution in [0.5, 0.6) is 0 Å². The van der Waals surface area contributed by atoms with Crippen LogP contribution in [-0.4, -0.2) is 32.4 Å². The molecule has 1 aromatic carbocycles. The average Bonchev–Trinajstić information content (AvgIpc) is 3.01. The van der Waals surface area contributed by atoms with Crippen LogP contribution in [0.25, 0.3) is 16.9 Å². The SMILES string of the molecule is Cc1ccc(-c2nc3c(C)cccn3c2CC(=O)NC2CC(C)(C)NC(C)(C)C2)cc1C. The van der Waals surface area contributed by atoms with Gasteiger partial charge in [-0.15, -0.1) is 0 Å². The van der Waals surface area contributed by atoms with E-state index in [0.29, 0.717) is 6.42 Å². The molecule has 5 nitrogen and oxygen atoms in total. The Balaban J connectivity index is 1.67. The fraction of sp³-hybridized carbons (Fsp3) is 0.481. The number of amides is 1. The zero-order valence-electron chi connectivity index (χ0n) is 20.5. The lowest BCUT2D eigenvalue weighted by Gasteiger charge is -2.46. The Hall–Kier alpha value is -2.66. The molecule has 0 spiro atoms. The number of piperidine rings is 1. The van der Waals surface area contributed by atoms with E-state index in [1.807, 2.05) is 12.3 Å². The summed E-state index contributed by atoms with van der Waals surface area (Å²) in [6.07, 6.45) is 4.15. The van der Waals surface area contributed by atoms with Gasteiger partial charge in [0.25, 0.3) is 0 Å². The molecule has 0 atom stereocenters. The number of pyridine rings is 1. The number of nitrogens with one attached hydrogen (secondary N) is 2. The van der Waals surface area contributed by atoms with E-state index in [1.165, 1.54) is 11.1 Å². The molecule has 4 rings (SSSR count). The van der Waals surface area contributed by atoms with Crippen molar-refractivity contribution in [3.63, 3.8) is 0 Å². The number of carbonyl (C=O) groups excluding carboxylic acids is 1. The largest absolute Gasteiger partial charge is 0.353 e. The van der Waals surface area contributed by atoms with Crippen molar-refractivity contribution < 1.29 is 4.79 Å². The van der Waals surface area contributed by atoms with Gasteiger partial charge in [-0.3, -0.25) is 4.79 Å². The van der Waals surface area contributed by atoms with Crippen molar-refractivity contribution in [1.82, 2.24) is 20.0 Å². The first-order valence-corrected chi connectivity index (χ1v) is 11.6. The van der Waals surface area contributed by atoms with Gasteiger partial charge in [0.1, 0.15) is 5.65 Å². The van der Waals surface area contributed by atoms with Gasteiger partial charge in [-0.25, -0.2) is 4.98 Å². The zero-order valence-corrected chi connectivity index (χ0v) is 20.5. The molecule has 0 aliphatic carbocycles. The number of nitrogens with zero attached hydrogens (tertiary/aromatic N) is 2. The third kappa shape index (κ3) is 4.58. The van der Waals surface area contributed by atoms with Crippen LogP contribution in [0, 0.1) is 20.8 Å². The molecule has 0 unspecified atom stereocenters. The maximum Gasteiger partial charge on any atom is 0.226 e. The predicted molar refractivity (Wildman–Crippen MR) is 131 cm³/mol. The van der Waals surface area contributed by atoms with Crippen molar-refractivity contribution in [2.75, 3.05) is 0 Å². The number of benzene rings is 1. The maximum absolute atomic E-state index is 13.3. The van der Waals surface area contributed by atoms with Gasteiger partial charge in [-0.2, -0.15) is 0 Å². The van der Waals surface area contributed by atoms with Crippen molar-refractivity contribution >= 4 is 11.6 Å². The zero-order chi connectivity index (χ0) is 23.3. The van der Waals surface area contributed by atoms with Crippen LogP contribution in [-0.2, 0) is 11.2 Å². The number of fused-ring (bicyclic) bond motifs is 1. The molecular formula is C27H36N4O. The summed E-state index contributed by atoms with van der Waals surface area (Å²) in [5.74, 6) is 0.0527. The molecule has 0 bridgehead atoms. The highest BCUT2D eigenvalue weighted by atomic mass is 16.1. The van der Waals surface area contributed by atoms with E-state index in [0.717, 1.165) is 41.0 Å². The topological polar surface area (TPSA) is 58.4 Å². The smallest absolute Gasteiger partial charge is 0.226 e. The van der Waals surface area contributed by atoms with E-state index in [-0.39, 0.29) is 23.0 Å². The van der Waals surface area contributed by atoms with Crippen molar-refractivity contribution in [3.05, 3.63) is 58.9 Å². The fourth-order valence-electron chi connectivity index (χ4n) is 5.40. The van der Waals surface area contributed by atoms with Crippen LogP contribution >= 0.6 is 0 Å². The highest BCUT2D eigenvalue weighted by molar-refractivity contribution is 5.82. The number of hydrogen-bond donors (Lipinski definition) is 2. The number of hydrogen-bond acceptors (Lipinski definition) is 3. The monoisotopic (exact) mass is 432 g/mol. The Morgan fingerprint density at radius 3 is 2.41 bits per heavy atom. The molecule has 1 aliphatic rings. The summed E-state index contributed by atoms with van der Waals surface area (Å²) < 4.78 is 2.08. The minimum atomic E-state index is -0.00922. The summed E-state index contributed by atoms with van der Waals surface area (Å²) in [5.41, 5.74) is 7.37. The van der Waals surface area contributed by atoms with Crippen LogP contribution in [0.2, 0.25) is 0 Å². The summed E-state index contributed by atoms with van der Waals surface area (Å²) in [6, 6.07) is 10.7. The van der Waals surface area contributed by atoms with Crippen molar-refractivity contribution in [2.24, 2.45) is 0 Å². The van der Waals surface area contributed by atoms with Gasteiger partial charge >= 0.3 is 0 Å². The first-order valence-electron chi connectivity index (χ1n) is 11.6. The molecule has 3 heterocycles. The van der Waals surface area contributed by atoms with Gasteiger partial charge in [0, 0.05) is 28.9 Å². The Morgan fingerprint density at radius 1 is 1.06 bits per heavy atom. The molecule has 170 valence electrons. The Labute approximate surface area is 191 Å². The highest BCUT2D eigenvalue weighted by Gasteiger charge is 2.38. The molecule has 32 heavy (non-hydrogen) atoms. The van der Waals surface area contributed by atoms with Crippen molar-refractivity contribution in [3.8, 4) is 11.3 Å². The molecule has 5 heteroatoms. The van der Waals surface area contributed by atoms with E-state index in [2.05, 4.69) is 87.8 Å². The van der Waals surface area contributed by atoms with Gasteiger partial charge in [-0.05, 0) is 90.1 Å². The Kier molecular flexibility index (Phi) is 5.66. The van der Waals surface area contributed by atoms with E-state index in [1.54, 1.807) is 0 Å². The van der Waals surface area contributed by atoms with E-state index < -0.39 is 0 Å². The molecule has 2 aromatic heterocycles. The third-order valence-electron chi connectivity index (χ3n) is 6.61. The quantitative estimate of drug-likeness (QED) is 0.617. The molecule has 3 aromatic rings. The standard InChI is InChI=1S/C27H36N4O/c1-17-10-11-20(13-19(17)3)24-22(31-12-8-9-18(2)25(31)29-24)14-23(32)28-21-15-26(4,5)30-27(6,7)16-21/h8-13,21,30H,14-16H2,1-7H3,(H,28,32). The second-order valence-electron chi connectivity index (χ2n) is 10.8. The van der Waals surface area contributed by atoms with Crippen LogP contribution in [0.4, 0.5) is 0 Å². The van der Waals surface area contributed by atoms with Crippen molar-refractivity contribution in [1.29, 1.82) is 0 Å². The summed E-state index contributed by atoms with van der Waals surface area (Å²) in [6.45, 7) is 15.1. The number of carbonyl (C=O) groups is 1. The van der Waals surface area contributed by atoms with Crippen LogP contribution < -0.4 is 10.6 Å². The van der Waals surface area contributed by atoms with E-state index in [9.17, 15) is 4.79 Å². The van der Waals surface area contributed by atoms with Gasteiger partial charge in [-0.1, -0.05) is 18.2 Å².